The van der Waals surface area contributed by atoms with Gasteiger partial charge in [-0.2, -0.15) is 0 Å². The molecule has 18 heavy (non-hydrogen) atoms. The Kier molecular flexibility index (Phi) is 4.52. The zero-order valence-electron chi connectivity index (χ0n) is 10.6. The van der Waals surface area contributed by atoms with E-state index in [0.717, 1.165) is 12.5 Å². The van der Waals surface area contributed by atoms with Gasteiger partial charge < -0.3 is 15.4 Å². The van der Waals surface area contributed by atoms with Crippen LogP contribution in [0.3, 0.4) is 0 Å². The summed E-state index contributed by atoms with van der Waals surface area (Å²) in [6, 6.07) is 3.50. The molecule has 2 rings (SSSR count). The second kappa shape index (κ2) is 6.35. The standard InChI is InChI=1S/C13H19N3O2/c1-14-12-11(3-2-6-15-12)13(17)16-7-8-18-9-10-4-5-10/h2-3,6,10H,4-5,7-9H2,1H3,(H,14,15)(H,16,17). The zero-order valence-corrected chi connectivity index (χ0v) is 10.6. The van der Waals surface area contributed by atoms with Crippen molar-refractivity contribution in [3.05, 3.63) is 23.9 Å². The number of nitrogens with one attached hydrogen (secondary N) is 2. The van der Waals surface area contributed by atoms with E-state index < -0.39 is 0 Å². The number of carbonyl (C=O) groups is 1. The van der Waals surface area contributed by atoms with Crippen molar-refractivity contribution in [2.24, 2.45) is 5.92 Å². The first-order valence-electron chi connectivity index (χ1n) is 6.30. The molecule has 0 saturated heterocycles. The maximum atomic E-state index is 11.9. The Labute approximate surface area is 107 Å². The van der Waals surface area contributed by atoms with Crippen LogP contribution in [0.25, 0.3) is 0 Å². The van der Waals surface area contributed by atoms with Gasteiger partial charge in [0.15, 0.2) is 0 Å². The molecular formula is C13H19N3O2. The van der Waals surface area contributed by atoms with E-state index in [9.17, 15) is 4.79 Å². The Morgan fingerprint density at radius 2 is 2.39 bits per heavy atom. The number of ether oxygens (including phenoxy) is 1. The van der Waals surface area contributed by atoms with E-state index in [1.165, 1.54) is 12.8 Å². The number of anilines is 1. The van der Waals surface area contributed by atoms with Gasteiger partial charge in [-0.3, -0.25) is 4.79 Å². The fraction of sp³-hybridized carbons (Fsp3) is 0.538. The number of rotatable bonds is 7. The number of amides is 1. The normalized spacial score (nSPS) is 14.3. The van der Waals surface area contributed by atoms with Gasteiger partial charge in [-0.05, 0) is 30.9 Å². The third kappa shape index (κ3) is 3.70. The van der Waals surface area contributed by atoms with Crippen LogP contribution in [0.4, 0.5) is 5.82 Å². The first kappa shape index (κ1) is 12.8. The van der Waals surface area contributed by atoms with Crippen LogP contribution in [0.15, 0.2) is 18.3 Å². The number of aromatic nitrogens is 1. The number of pyridine rings is 1. The van der Waals surface area contributed by atoms with Crippen molar-refractivity contribution in [1.82, 2.24) is 10.3 Å². The molecule has 5 nitrogen and oxygen atoms in total. The molecule has 1 amide bonds. The molecule has 1 heterocycles. The molecule has 1 fully saturated rings. The molecule has 1 saturated carbocycles. The van der Waals surface area contributed by atoms with E-state index >= 15 is 0 Å². The minimum Gasteiger partial charge on any atom is -0.379 e. The van der Waals surface area contributed by atoms with Crippen molar-refractivity contribution in [3.8, 4) is 0 Å². The van der Waals surface area contributed by atoms with Gasteiger partial charge in [-0.15, -0.1) is 0 Å². The number of nitrogens with zero attached hydrogens (tertiary/aromatic N) is 1. The maximum Gasteiger partial charge on any atom is 0.255 e. The van der Waals surface area contributed by atoms with Crippen LogP contribution in [-0.2, 0) is 4.74 Å². The Morgan fingerprint density at radius 1 is 1.56 bits per heavy atom. The summed E-state index contributed by atoms with van der Waals surface area (Å²) in [5.74, 6) is 1.23. The summed E-state index contributed by atoms with van der Waals surface area (Å²) >= 11 is 0. The number of hydrogen-bond acceptors (Lipinski definition) is 4. The summed E-state index contributed by atoms with van der Waals surface area (Å²) in [5.41, 5.74) is 0.558. The molecule has 0 aromatic carbocycles. The molecule has 0 radical (unpaired) electrons. The van der Waals surface area contributed by atoms with E-state index in [-0.39, 0.29) is 5.91 Å². The van der Waals surface area contributed by atoms with Gasteiger partial charge in [0.1, 0.15) is 5.82 Å². The van der Waals surface area contributed by atoms with Crippen molar-refractivity contribution < 1.29 is 9.53 Å². The van der Waals surface area contributed by atoms with Gasteiger partial charge in [-0.1, -0.05) is 0 Å². The lowest BCUT2D eigenvalue weighted by Gasteiger charge is -2.08. The molecule has 1 aliphatic carbocycles. The molecule has 0 aliphatic heterocycles. The molecule has 5 heteroatoms. The number of carbonyl (C=O) groups excluding carboxylic acids is 1. The van der Waals surface area contributed by atoms with E-state index in [2.05, 4.69) is 15.6 Å². The van der Waals surface area contributed by atoms with Gasteiger partial charge in [0.05, 0.1) is 12.2 Å². The predicted molar refractivity (Wildman–Crippen MR) is 69.7 cm³/mol. The molecule has 1 aromatic heterocycles. The largest absolute Gasteiger partial charge is 0.379 e. The van der Waals surface area contributed by atoms with Crippen molar-refractivity contribution in [2.45, 2.75) is 12.8 Å². The highest BCUT2D eigenvalue weighted by Crippen LogP contribution is 2.28. The summed E-state index contributed by atoms with van der Waals surface area (Å²) in [6.45, 7) is 1.92. The van der Waals surface area contributed by atoms with Crippen LogP contribution in [0.5, 0.6) is 0 Å². The highest BCUT2D eigenvalue weighted by molar-refractivity contribution is 5.98. The Hall–Kier alpha value is -1.62. The third-order valence-corrected chi connectivity index (χ3v) is 2.87. The smallest absolute Gasteiger partial charge is 0.255 e. The summed E-state index contributed by atoms with van der Waals surface area (Å²) in [6.07, 6.45) is 4.22. The second-order valence-electron chi connectivity index (χ2n) is 4.42. The molecule has 98 valence electrons. The summed E-state index contributed by atoms with van der Waals surface area (Å²) in [4.78, 5) is 16.0. The predicted octanol–water partition coefficient (Wildman–Crippen LogP) is 1.28. The Balaban J connectivity index is 1.72. The van der Waals surface area contributed by atoms with Crippen LogP contribution in [0.2, 0.25) is 0 Å². The molecular weight excluding hydrogens is 230 g/mol. The number of hydrogen-bond donors (Lipinski definition) is 2. The zero-order chi connectivity index (χ0) is 12.8. The van der Waals surface area contributed by atoms with Crippen LogP contribution >= 0.6 is 0 Å². The molecule has 1 aliphatic rings. The molecule has 0 unspecified atom stereocenters. The van der Waals surface area contributed by atoms with E-state index in [4.69, 9.17) is 4.74 Å². The first-order chi connectivity index (χ1) is 8.81. The minimum atomic E-state index is -0.123. The highest BCUT2D eigenvalue weighted by Gasteiger charge is 2.20. The molecule has 0 spiro atoms. The van der Waals surface area contributed by atoms with Crippen molar-refractivity contribution in [2.75, 3.05) is 32.1 Å². The van der Waals surface area contributed by atoms with Crippen molar-refractivity contribution in [1.29, 1.82) is 0 Å². The summed E-state index contributed by atoms with van der Waals surface area (Å²) in [5, 5.41) is 5.72. The third-order valence-electron chi connectivity index (χ3n) is 2.87. The van der Waals surface area contributed by atoms with Crippen LogP contribution < -0.4 is 10.6 Å². The lowest BCUT2D eigenvalue weighted by molar-refractivity contribution is 0.0907. The van der Waals surface area contributed by atoms with E-state index in [1.54, 1.807) is 25.4 Å². The lowest BCUT2D eigenvalue weighted by atomic mass is 10.2. The molecule has 1 aromatic rings. The fourth-order valence-corrected chi connectivity index (χ4v) is 1.65. The van der Waals surface area contributed by atoms with Crippen LogP contribution in [0, 0.1) is 5.92 Å². The average Bonchev–Trinajstić information content (AvgIpc) is 3.22. The maximum absolute atomic E-state index is 11.9. The second-order valence-corrected chi connectivity index (χ2v) is 4.42. The molecule has 2 N–H and O–H groups in total. The van der Waals surface area contributed by atoms with E-state index in [0.29, 0.717) is 24.5 Å². The van der Waals surface area contributed by atoms with Gasteiger partial charge in [0.2, 0.25) is 0 Å². The molecule has 0 bridgehead atoms. The quantitative estimate of drug-likeness (QED) is 0.715. The Morgan fingerprint density at radius 3 is 3.11 bits per heavy atom. The molecule has 0 atom stereocenters. The van der Waals surface area contributed by atoms with Gasteiger partial charge in [0.25, 0.3) is 5.91 Å². The van der Waals surface area contributed by atoms with Gasteiger partial charge in [-0.25, -0.2) is 4.98 Å². The Bertz CT molecular complexity index is 405. The van der Waals surface area contributed by atoms with Crippen molar-refractivity contribution in [3.63, 3.8) is 0 Å². The first-order valence-corrected chi connectivity index (χ1v) is 6.30. The average molecular weight is 249 g/mol. The fourth-order valence-electron chi connectivity index (χ4n) is 1.65. The SMILES string of the molecule is CNc1ncccc1C(=O)NCCOCC1CC1. The summed E-state index contributed by atoms with van der Waals surface area (Å²) < 4.78 is 5.45. The lowest BCUT2D eigenvalue weighted by Crippen LogP contribution is -2.28. The van der Waals surface area contributed by atoms with Crippen LogP contribution in [-0.4, -0.2) is 37.7 Å². The van der Waals surface area contributed by atoms with E-state index in [1.807, 2.05) is 0 Å². The van der Waals surface area contributed by atoms with Crippen LogP contribution in [0.1, 0.15) is 23.2 Å². The monoisotopic (exact) mass is 249 g/mol. The van der Waals surface area contributed by atoms with Crippen molar-refractivity contribution >= 4 is 11.7 Å². The minimum absolute atomic E-state index is 0.123. The highest BCUT2D eigenvalue weighted by atomic mass is 16.5. The van der Waals surface area contributed by atoms with Gasteiger partial charge in [0, 0.05) is 26.4 Å². The topological polar surface area (TPSA) is 63.2 Å². The van der Waals surface area contributed by atoms with Gasteiger partial charge >= 0.3 is 0 Å². The summed E-state index contributed by atoms with van der Waals surface area (Å²) in [7, 11) is 1.75.